The van der Waals surface area contributed by atoms with E-state index < -0.39 is 78.0 Å². The van der Waals surface area contributed by atoms with Crippen molar-refractivity contribution in [3.63, 3.8) is 0 Å². The van der Waals surface area contributed by atoms with E-state index in [9.17, 15) is 44.4 Å². The molecule has 36 heavy (non-hydrogen) atoms. The van der Waals surface area contributed by atoms with Crippen LogP contribution in [0.5, 0.6) is 0 Å². The number of aliphatic hydroxyl groups excluding tert-OH is 5. The predicted molar refractivity (Wildman–Crippen MR) is 107 cm³/mol. The molecular weight excluding hydrogens is 536 g/mol. The molecule has 0 radical (unpaired) electrons. The van der Waals surface area contributed by atoms with Crippen LogP contribution in [-0.4, -0.2) is 101 Å². The molecule has 0 amide bonds. The number of ether oxygens (including phenoxy) is 2. The van der Waals surface area contributed by atoms with Gasteiger partial charge in [0.15, 0.2) is 24.0 Å². The highest BCUT2D eigenvalue weighted by atomic mass is 31.3. The topological polar surface area (TPSA) is 297 Å². The largest absolute Gasteiger partial charge is 0.756 e. The Hall–Kier alpha value is -1.67. The van der Waals surface area contributed by atoms with Crippen LogP contribution < -0.4 is 15.5 Å². The summed E-state index contributed by atoms with van der Waals surface area (Å²) in [5.41, 5.74) is 6.04. The number of hydrogen-bond acceptors (Lipinski definition) is 18. The van der Waals surface area contributed by atoms with E-state index in [2.05, 4.69) is 33.0 Å². The monoisotopic (exact) mass is 557 g/mol. The fourth-order valence-electron chi connectivity index (χ4n) is 3.52. The molecule has 0 aliphatic carbocycles. The summed E-state index contributed by atoms with van der Waals surface area (Å²) in [5, 5.41) is 48.9. The van der Waals surface area contributed by atoms with Crippen molar-refractivity contribution in [2.45, 2.75) is 49.1 Å². The number of hydrogen-bond donors (Lipinski definition) is 6. The summed E-state index contributed by atoms with van der Waals surface area (Å²) >= 11 is 0. The number of nitrogen functional groups attached to an aromatic ring is 1. The van der Waals surface area contributed by atoms with Gasteiger partial charge in [-0.3, -0.25) is 13.7 Å². The van der Waals surface area contributed by atoms with Crippen LogP contribution in [0.3, 0.4) is 0 Å². The van der Waals surface area contributed by atoms with Crippen LogP contribution >= 0.6 is 15.6 Å². The first kappa shape index (κ1) is 27.4. The number of nitrogens with two attached hydrogens (primary N) is 1. The van der Waals surface area contributed by atoms with E-state index in [0.29, 0.717) is 0 Å². The van der Waals surface area contributed by atoms with Crippen LogP contribution in [-0.2, 0) is 32.0 Å². The SMILES string of the molecule is Nc1ncnc2c1ncn2[C@@H]1O[C@H](COP(=O)([O-])OP(=O)([O-])OC[C@@H]2O[C@H](O)[C@H](O)C2O)[C@H](O)C1O. The summed E-state index contributed by atoms with van der Waals surface area (Å²) < 4.78 is 47.9. The quantitative estimate of drug-likeness (QED) is 0.158. The second-order valence-electron chi connectivity index (χ2n) is 7.74. The van der Waals surface area contributed by atoms with E-state index in [1.807, 2.05) is 0 Å². The smallest absolute Gasteiger partial charge is 0.274 e. The van der Waals surface area contributed by atoms with Gasteiger partial charge in [-0.05, 0) is 0 Å². The third-order valence-corrected chi connectivity index (χ3v) is 7.86. The van der Waals surface area contributed by atoms with Gasteiger partial charge in [0.05, 0.1) is 19.5 Å². The number of phosphoric ester groups is 2. The lowest BCUT2D eigenvalue weighted by molar-refractivity contribution is -0.247. The second-order valence-corrected chi connectivity index (χ2v) is 10.7. The number of aromatic nitrogens is 4. The molecule has 0 saturated carbocycles. The minimum atomic E-state index is -5.62. The Balaban J connectivity index is 1.34. The number of nitrogens with zero attached hydrogens (tertiary/aromatic N) is 4. The highest BCUT2D eigenvalue weighted by Gasteiger charge is 2.45. The van der Waals surface area contributed by atoms with Crippen LogP contribution in [0, 0.1) is 0 Å². The highest BCUT2D eigenvalue weighted by molar-refractivity contribution is 7.59. The van der Waals surface area contributed by atoms with Crippen LogP contribution in [0.25, 0.3) is 11.2 Å². The number of anilines is 1. The van der Waals surface area contributed by atoms with Crippen LogP contribution in [0.15, 0.2) is 12.7 Å². The summed E-state index contributed by atoms with van der Waals surface area (Å²) in [4.78, 5) is 35.6. The summed E-state index contributed by atoms with van der Waals surface area (Å²) in [7, 11) is -11.2. The van der Waals surface area contributed by atoms with Gasteiger partial charge in [-0.2, -0.15) is 0 Å². The second kappa shape index (κ2) is 10.2. The van der Waals surface area contributed by atoms with Gasteiger partial charge in [-0.25, -0.2) is 19.3 Å². The molecule has 0 aromatic carbocycles. The van der Waals surface area contributed by atoms with Gasteiger partial charge >= 0.3 is 0 Å². The predicted octanol–water partition coefficient (Wildman–Crippen LogP) is -4.55. The number of phosphoric acid groups is 2. The molecule has 2 aliphatic heterocycles. The van der Waals surface area contributed by atoms with Gasteiger partial charge < -0.3 is 59.6 Å². The average Bonchev–Trinajstić information content (AvgIpc) is 3.42. The van der Waals surface area contributed by atoms with Crippen LogP contribution in [0.1, 0.15) is 6.23 Å². The third kappa shape index (κ3) is 5.59. The standard InChI is InChI=1S/C15H23N5O14P2/c16-12-7-13(18-3-17-12)20(4-19-7)14-10(23)8(21)5(32-14)1-30-35(26,27)34-36(28,29)31-2-6-9(22)11(24)15(25)33-6/h3-6,8-11,14-15,21-25H,1-2H2,(H,26,27)(H,28,29)(H2,16,17,18)/p-2/t5-,6+,8+,9?,10?,11-,14-,15+/m1/s1. The number of fused-ring (bicyclic) bond motifs is 1. The molecule has 4 rings (SSSR count). The Labute approximate surface area is 200 Å². The molecule has 4 heterocycles. The molecule has 2 aliphatic rings. The molecular formula is C15H21N5O14P2-2. The van der Waals surface area contributed by atoms with Gasteiger partial charge in [-0.15, -0.1) is 0 Å². The van der Waals surface area contributed by atoms with Crippen molar-refractivity contribution in [1.82, 2.24) is 19.5 Å². The fraction of sp³-hybridized carbons (Fsp3) is 0.667. The van der Waals surface area contributed by atoms with Crippen molar-refractivity contribution >= 4 is 32.6 Å². The molecule has 2 aromatic rings. The molecule has 7 N–H and O–H groups in total. The van der Waals surface area contributed by atoms with Gasteiger partial charge in [0.25, 0.3) is 15.6 Å². The molecule has 10 atom stereocenters. The molecule has 21 heteroatoms. The van der Waals surface area contributed by atoms with Crippen molar-refractivity contribution in [2.24, 2.45) is 0 Å². The van der Waals surface area contributed by atoms with Crippen molar-refractivity contribution in [3.8, 4) is 0 Å². The van der Waals surface area contributed by atoms with E-state index in [-0.39, 0.29) is 17.0 Å². The number of aliphatic hydroxyl groups is 5. The Kier molecular flexibility index (Phi) is 7.78. The highest BCUT2D eigenvalue weighted by Crippen LogP contribution is 2.56. The Morgan fingerprint density at radius 2 is 1.50 bits per heavy atom. The van der Waals surface area contributed by atoms with Crippen molar-refractivity contribution in [1.29, 1.82) is 0 Å². The molecule has 202 valence electrons. The molecule has 0 spiro atoms. The normalized spacial score (nSPS) is 36.2. The minimum absolute atomic E-state index is 0.0433. The Bertz CT molecular complexity index is 1180. The fourth-order valence-corrected chi connectivity index (χ4v) is 5.53. The van der Waals surface area contributed by atoms with Crippen molar-refractivity contribution < 1.29 is 67.3 Å². The first-order valence-electron chi connectivity index (χ1n) is 10.1. The lowest BCUT2D eigenvalue weighted by Gasteiger charge is -2.31. The van der Waals surface area contributed by atoms with E-state index in [0.717, 1.165) is 6.33 Å². The average molecular weight is 557 g/mol. The maximum absolute atomic E-state index is 12.0. The van der Waals surface area contributed by atoms with Gasteiger partial charge in [0.1, 0.15) is 48.5 Å². The van der Waals surface area contributed by atoms with Crippen molar-refractivity contribution in [2.75, 3.05) is 18.9 Å². The van der Waals surface area contributed by atoms with Gasteiger partial charge in [0.2, 0.25) is 0 Å². The summed E-state index contributed by atoms with van der Waals surface area (Å²) in [5.74, 6) is 0.0433. The van der Waals surface area contributed by atoms with E-state index in [1.54, 1.807) is 0 Å². The Morgan fingerprint density at radius 3 is 2.08 bits per heavy atom. The molecule has 2 fully saturated rings. The van der Waals surface area contributed by atoms with Gasteiger partial charge in [0, 0.05) is 0 Å². The first-order valence-corrected chi connectivity index (χ1v) is 13.0. The van der Waals surface area contributed by atoms with E-state index in [1.165, 1.54) is 10.9 Å². The van der Waals surface area contributed by atoms with E-state index in [4.69, 9.17) is 10.5 Å². The maximum Gasteiger partial charge on any atom is 0.274 e. The molecule has 2 saturated heterocycles. The lowest BCUT2D eigenvalue weighted by Crippen LogP contribution is -2.34. The van der Waals surface area contributed by atoms with E-state index >= 15 is 0 Å². The molecule has 2 aromatic heterocycles. The Morgan fingerprint density at radius 1 is 0.917 bits per heavy atom. The number of rotatable bonds is 9. The number of imidazole rings is 1. The zero-order chi connectivity index (χ0) is 26.4. The molecule has 19 nitrogen and oxygen atoms in total. The lowest BCUT2D eigenvalue weighted by atomic mass is 10.1. The summed E-state index contributed by atoms with van der Waals surface area (Å²) in [6.45, 7) is -1.97. The third-order valence-electron chi connectivity index (χ3n) is 5.33. The summed E-state index contributed by atoms with van der Waals surface area (Å²) in [6.07, 6.45) is -10.5. The molecule has 4 unspecified atom stereocenters. The molecule has 0 bridgehead atoms. The maximum atomic E-state index is 12.0. The van der Waals surface area contributed by atoms with Crippen molar-refractivity contribution in [3.05, 3.63) is 12.7 Å². The zero-order valence-electron chi connectivity index (χ0n) is 17.9. The zero-order valence-corrected chi connectivity index (χ0v) is 19.6. The van der Waals surface area contributed by atoms with Crippen LogP contribution in [0.2, 0.25) is 0 Å². The van der Waals surface area contributed by atoms with Crippen LogP contribution in [0.4, 0.5) is 5.82 Å². The first-order chi connectivity index (χ1) is 16.8. The summed E-state index contributed by atoms with van der Waals surface area (Å²) in [6, 6.07) is 0. The minimum Gasteiger partial charge on any atom is -0.756 e. The van der Waals surface area contributed by atoms with Gasteiger partial charge in [-0.1, -0.05) is 0 Å².